The highest BCUT2D eigenvalue weighted by atomic mass is 32.1. The second-order valence-electron chi connectivity index (χ2n) is 3.76. The smallest absolute Gasteiger partial charge is 0.0380 e. The summed E-state index contributed by atoms with van der Waals surface area (Å²) >= 11 is 1.84. The molecule has 1 nitrogen and oxygen atoms in total. The summed E-state index contributed by atoms with van der Waals surface area (Å²) in [7, 11) is 0. The predicted octanol–water partition coefficient (Wildman–Crippen LogP) is 3.29. The van der Waals surface area contributed by atoms with Crippen LogP contribution in [0.1, 0.15) is 21.6 Å². The van der Waals surface area contributed by atoms with Gasteiger partial charge in [0.2, 0.25) is 0 Å². The number of rotatable bonds is 1. The summed E-state index contributed by atoms with van der Waals surface area (Å²) in [6.07, 6.45) is 0. The first-order valence-electron chi connectivity index (χ1n) is 4.83. The number of nitrogens with two attached hydrogens (primary N) is 1. The molecule has 0 radical (unpaired) electrons. The van der Waals surface area contributed by atoms with Crippen molar-refractivity contribution in [2.24, 2.45) is 5.73 Å². The van der Waals surface area contributed by atoms with E-state index in [2.05, 4.69) is 32.9 Å². The molecular formula is C12H15NS. The van der Waals surface area contributed by atoms with Crippen molar-refractivity contribution in [3.05, 3.63) is 33.7 Å². The summed E-state index contributed by atoms with van der Waals surface area (Å²) < 4.78 is 1.41. The van der Waals surface area contributed by atoms with Crippen LogP contribution in [0.3, 0.4) is 0 Å². The molecule has 2 N–H and O–H groups in total. The third-order valence-electron chi connectivity index (χ3n) is 2.77. The predicted molar refractivity (Wildman–Crippen MR) is 63.9 cm³/mol. The Kier molecular flexibility index (Phi) is 2.33. The molecule has 2 aromatic rings. The largest absolute Gasteiger partial charge is 0.326 e. The van der Waals surface area contributed by atoms with E-state index in [-0.39, 0.29) is 0 Å². The van der Waals surface area contributed by atoms with Crippen molar-refractivity contribution in [2.45, 2.75) is 27.3 Å². The fraction of sp³-hybridized carbons (Fsp3) is 0.333. The average molecular weight is 205 g/mol. The average Bonchev–Trinajstić information content (AvgIpc) is 2.51. The Labute approximate surface area is 88.6 Å². The summed E-state index contributed by atoms with van der Waals surface area (Å²) in [5.74, 6) is 0. The molecule has 0 saturated heterocycles. The van der Waals surface area contributed by atoms with E-state index in [1.807, 2.05) is 11.3 Å². The van der Waals surface area contributed by atoms with E-state index in [1.54, 1.807) is 0 Å². The first kappa shape index (κ1) is 9.69. The lowest BCUT2D eigenvalue weighted by molar-refractivity contribution is 1.09. The van der Waals surface area contributed by atoms with Gasteiger partial charge in [0.1, 0.15) is 0 Å². The van der Waals surface area contributed by atoms with Crippen LogP contribution in [0, 0.1) is 20.8 Å². The van der Waals surface area contributed by atoms with Crippen LogP contribution >= 0.6 is 11.3 Å². The van der Waals surface area contributed by atoms with Gasteiger partial charge in [0, 0.05) is 16.1 Å². The lowest BCUT2D eigenvalue weighted by atomic mass is 10.0. The van der Waals surface area contributed by atoms with Crippen LogP contribution < -0.4 is 5.73 Å². The van der Waals surface area contributed by atoms with E-state index in [1.165, 1.54) is 31.7 Å². The molecule has 0 spiro atoms. The fourth-order valence-corrected chi connectivity index (χ4v) is 3.15. The van der Waals surface area contributed by atoms with Gasteiger partial charge in [0.05, 0.1) is 0 Å². The second-order valence-corrected chi connectivity index (χ2v) is 4.86. The molecule has 0 amide bonds. The van der Waals surface area contributed by atoms with E-state index >= 15 is 0 Å². The molecule has 14 heavy (non-hydrogen) atoms. The Hall–Kier alpha value is -0.860. The third-order valence-corrected chi connectivity index (χ3v) is 4.22. The maximum atomic E-state index is 5.73. The molecule has 0 aliphatic carbocycles. The number of benzene rings is 1. The minimum Gasteiger partial charge on any atom is -0.326 e. The van der Waals surface area contributed by atoms with Crippen LogP contribution in [0.2, 0.25) is 0 Å². The van der Waals surface area contributed by atoms with Crippen molar-refractivity contribution in [3.8, 4) is 0 Å². The van der Waals surface area contributed by atoms with E-state index in [9.17, 15) is 0 Å². The first-order valence-corrected chi connectivity index (χ1v) is 5.65. The number of hydrogen-bond donors (Lipinski definition) is 1. The highest BCUT2D eigenvalue weighted by Crippen LogP contribution is 2.34. The maximum Gasteiger partial charge on any atom is 0.0380 e. The molecule has 74 valence electrons. The van der Waals surface area contributed by atoms with Gasteiger partial charge in [0.15, 0.2) is 0 Å². The zero-order chi connectivity index (χ0) is 10.3. The lowest BCUT2D eigenvalue weighted by Gasteiger charge is -2.00. The van der Waals surface area contributed by atoms with Crippen LogP contribution in [0.25, 0.3) is 10.1 Å². The zero-order valence-electron chi connectivity index (χ0n) is 8.85. The molecule has 1 heterocycles. The number of thiophene rings is 1. The lowest BCUT2D eigenvalue weighted by Crippen LogP contribution is -1.94. The van der Waals surface area contributed by atoms with Crippen LogP contribution in [-0.4, -0.2) is 0 Å². The maximum absolute atomic E-state index is 5.73. The Bertz CT molecular complexity index is 483. The highest BCUT2D eigenvalue weighted by Gasteiger charge is 2.10. The monoisotopic (exact) mass is 205 g/mol. The minimum atomic E-state index is 0.657. The molecular weight excluding hydrogens is 190 g/mol. The quantitative estimate of drug-likeness (QED) is 0.759. The zero-order valence-corrected chi connectivity index (χ0v) is 9.66. The molecule has 0 aliphatic heterocycles. The standard InChI is InChI=1S/C12H15NS/c1-7-4-5-8(2)12-11(7)9(3)10(6-13)14-12/h4-5H,6,13H2,1-3H3. The molecule has 2 rings (SSSR count). The number of fused-ring (bicyclic) bond motifs is 1. The van der Waals surface area contributed by atoms with E-state index in [0.717, 1.165) is 0 Å². The topological polar surface area (TPSA) is 26.0 Å². The minimum absolute atomic E-state index is 0.657. The molecule has 1 aromatic carbocycles. The van der Waals surface area contributed by atoms with Crippen LogP contribution in [0.5, 0.6) is 0 Å². The van der Waals surface area contributed by atoms with Crippen molar-refractivity contribution >= 4 is 21.4 Å². The van der Waals surface area contributed by atoms with Crippen molar-refractivity contribution < 1.29 is 0 Å². The number of hydrogen-bond acceptors (Lipinski definition) is 2. The molecule has 0 saturated carbocycles. The summed E-state index contributed by atoms with van der Waals surface area (Å²) in [5.41, 5.74) is 9.81. The fourth-order valence-electron chi connectivity index (χ4n) is 1.92. The van der Waals surface area contributed by atoms with E-state index < -0.39 is 0 Å². The van der Waals surface area contributed by atoms with Crippen LogP contribution in [0.15, 0.2) is 12.1 Å². The van der Waals surface area contributed by atoms with E-state index in [0.29, 0.717) is 6.54 Å². The van der Waals surface area contributed by atoms with Crippen molar-refractivity contribution in [2.75, 3.05) is 0 Å². The molecule has 0 unspecified atom stereocenters. The Morgan fingerprint density at radius 2 is 1.79 bits per heavy atom. The van der Waals surface area contributed by atoms with Gasteiger partial charge in [-0.05, 0) is 42.8 Å². The van der Waals surface area contributed by atoms with Gasteiger partial charge < -0.3 is 5.73 Å². The van der Waals surface area contributed by atoms with Gasteiger partial charge in [-0.1, -0.05) is 12.1 Å². The SMILES string of the molecule is Cc1ccc(C)c2c(C)c(CN)sc12. The molecule has 0 fully saturated rings. The summed E-state index contributed by atoms with van der Waals surface area (Å²) in [6, 6.07) is 4.38. The highest BCUT2D eigenvalue weighted by molar-refractivity contribution is 7.19. The summed E-state index contributed by atoms with van der Waals surface area (Å²) in [6.45, 7) is 7.16. The van der Waals surface area contributed by atoms with Crippen molar-refractivity contribution in [1.29, 1.82) is 0 Å². The number of aryl methyl sites for hydroxylation is 3. The van der Waals surface area contributed by atoms with Crippen molar-refractivity contribution in [3.63, 3.8) is 0 Å². The van der Waals surface area contributed by atoms with E-state index in [4.69, 9.17) is 5.73 Å². The van der Waals surface area contributed by atoms with Gasteiger partial charge in [0.25, 0.3) is 0 Å². The van der Waals surface area contributed by atoms with Crippen LogP contribution in [0.4, 0.5) is 0 Å². The van der Waals surface area contributed by atoms with Crippen LogP contribution in [-0.2, 0) is 6.54 Å². The molecule has 2 heteroatoms. The Balaban J connectivity index is 2.90. The Morgan fingerprint density at radius 1 is 1.14 bits per heavy atom. The third kappa shape index (κ3) is 1.26. The van der Waals surface area contributed by atoms with Gasteiger partial charge in [-0.3, -0.25) is 0 Å². The van der Waals surface area contributed by atoms with Gasteiger partial charge in [-0.2, -0.15) is 0 Å². The van der Waals surface area contributed by atoms with Crippen molar-refractivity contribution in [1.82, 2.24) is 0 Å². The first-order chi connectivity index (χ1) is 6.65. The molecule has 0 aliphatic rings. The second kappa shape index (κ2) is 3.37. The summed E-state index contributed by atoms with van der Waals surface area (Å²) in [4.78, 5) is 1.32. The van der Waals surface area contributed by atoms with Gasteiger partial charge >= 0.3 is 0 Å². The molecule has 0 bridgehead atoms. The van der Waals surface area contributed by atoms with Gasteiger partial charge in [-0.25, -0.2) is 0 Å². The molecule has 1 aromatic heterocycles. The Morgan fingerprint density at radius 3 is 2.36 bits per heavy atom. The molecule has 0 atom stereocenters. The normalized spacial score (nSPS) is 11.1. The summed E-state index contributed by atoms with van der Waals surface area (Å²) in [5, 5.41) is 1.41. The van der Waals surface area contributed by atoms with Gasteiger partial charge in [-0.15, -0.1) is 11.3 Å².